The van der Waals surface area contributed by atoms with E-state index in [2.05, 4.69) is 0 Å². The molecule has 0 atom stereocenters. The summed E-state index contributed by atoms with van der Waals surface area (Å²) >= 11 is 0. The third-order valence-electron chi connectivity index (χ3n) is 1.45. The number of nitrogens with zero attached hydrogens (tertiary/aromatic N) is 1. The third-order valence-corrected chi connectivity index (χ3v) is 1.45. The maximum atomic E-state index is 10.6. The monoisotopic (exact) mass is 170 g/mol. The molecule has 64 valence electrons. The quantitative estimate of drug-likeness (QED) is 0.467. The summed E-state index contributed by atoms with van der Waals surface area (Å²) < 4.78 is 0. The molecular formula is C6H6N2O4. The Bertz CT molecular complexity index is 382. The van der Waals surface area contributed by atoms with Gasteiger partial charge in [0.2, 0.25) is 5.88 Å². The van der Waals surface area contributed by atoms with Crippen LogP contribution in [0.15, 0.2) is 10.9 Å². The second kappa shape index (κ2) is 2.65. The highest BCUT2D eigenvalue weighted by Crippen LogP contribution is 2.20. The van der Waals surface area contributed by atoms with E-state index in [0.717, 1.165) is 6.07 Å². The van der Waals surface area contributed by atoms with Crippen LogP contribution in [-0.4, -0.2) is 15.0 Å². The Balaban J connectivity index is 3.48. The molecule has 1 aromatic rings. The molecule has 0 aliphatic carbocycles. The van der Waals surface area contributed by atoms with E-state index in [-0.39, 0.29) is 11.3 Å². The van der Waals surface area contributed by atoms with Gasteiger partial charge in [-0.25, -0.2) is 0 Å². The lowest BCUT2D eigenvalue weighted by atomic mass is 10.2. The van der Waals surface area contributed by atoms with Crippen molar-refractivity contribution in [1.29, 1.82) is 0 Å². The van der Waals surface area contributed by atoms with Crippen LogP contribution in [-0.2, 0) is 0 Å². The van der Waals surface area contributed by atoms with Crippen molar-refractivity contribution in [2.75, 3.05) is 0 Å². The first kappa shape index (κ1) is 8.25. The van der Waals surface area contributed by atoms with Crippen LogP contribution in [0.4, 0.5) is 5.69 Å². The summed E-state index contributed by atoms with van der Waals surface area (Å²) in [6, 6.07) is 0.828. The van der Waals surface area contributed by atoms with Gasteiger partial charge in [0.1, 0.15) is 0 Å². The van der Waals surface area contributed by atoms with Crippen LogP contribution in [0.25, 0.3) is 0 Å². The molecule has 0 bridgehead atoms. The topological polar surface area (TPSA) is 96.2 Å². The molecule has 0 aliphatic rings. The molecule has 6 heteroatoms. The van der Waals surface area contributed by atoms with Crippen LogP contribution in [0.1, 0.15) is 5.56 Å². The van der Waals surface area contributed by atoms with Crippen molar-refractivity contribution in [3.63, 3.8) is 0 Å². The summed E-state index contributed by atoms with van der Waals surface area (Å²) in [5, 5.41) is 19.2. The lowest BCUT2D eigenvalue weighted by molar-refractivity contribution is -0.385. The summed E-state index contributed by atoms with van der Waals surface area (Å²) in [7, 11) is 0. The second-order valence-corrected chi connectivity index (χ2v) is 2.25. The lowest BCUT2D eigenvalue weighted by Gasteiger charge is -1.97. The zero-order valence-electron chi connectivity index (χ0n) is 6.20. The average molecular weight is 170 g/mol. The van der Waals surface area contributed by atoms with E-state index in [1.165, 1.54) is 6.92 Å². The predicted molar refractivity (Wildman–Crippen MR) is 40.1 cm³/mol. The smallest absolute Gasteiger partial charge is 0.283 e. The summed E-state index contributed by atoms with van der Waals surface area (Å²) in [5.74, 6) is -0.464. The number of rotatable bonds is 1. The lowest BCUT2D eigenvalue weighted by Crippen LogP contribution is -2.07. The minimum absolute atomic E-state index is 0.0552. The maximum absolute atomic E-state index is 10.6. The van der Waals surface area contributed by atoms with E-state index in [9.17, 15) is 14.9 Å². The second-order valence-electron chi connectivity index (χ2n) is 2.25. The Labute approximate surface area is 66.6 Å². The van der Waals surface area contributed by atoms with E-state index in [1.54, 1.807) is 0 Å². The summed E-state index contributed by atoms with van der Waals surface area (Å²) in [4.78, 5) is 22.2. The first-order valence-corrected chi connectivity index (χ1v) is 3.09. The van der Waals surface area contributed by atoms with E-state index >= 15 is 0 Å². The van der Waals surface area contributed by atoms with E-state index < -0.39 is 16.4 Å². The maximum Gasteiger partial charge on any atom is 0.283 e. The van der Waals surface area contributed by atoms with Crippen LogP contribution in [0.3, 0.4) is 0 Å². The Kier molecular flexibility index (Phi) is 1.82. The van der Waals surface area contributed by atoms with Crippen molar-refractivity contribution in [3.05, 3.63) is 32.1 Å². The van der Waals surface area contributed by atoms with Crippen molar-refractivity contribution in [2.24, 2.45) is 0 Å². The van der Waals surface area contributed by atoms with E-state index in [1.807, 2.05) is 4.98 Å². The van der Waals surface area contributed by atoms with Gasteiger partial charge in [0.15, 0.2) is 0 Å². The van der Waals surface area contributed by atoms with Gasteiger partial charge in [0.05, 0.1) is 16.6 Å². The molecule has 0 unspecified atom stereocenters. The summed E-state index contributed by atoms with van der Waals surface area (Å²) in [6.07, 6.45) is 0. The van der Waals surface area contributed by atoms with Crippen molar-refractivity contribution >= 4 is 5.69 Å². The zero-order chi connectivity index (χ0) is 9.30. The molecule has 0 amide bonds. The van der Waals surface area contributed by atoms with Crippen LogP contribution in [0.5, 0.6) is 5.88 Å². The fraction of sp³-hybridized carbons (Fsp3) is 0.167. The average Bonchev–Trinajstić information content (AvgIpc) is 1.96. The minimum atomic E-state index is -0.718. The molecule has 0 saturated heterocycles. The van der Waals surface area contributed by atoms with Crippen molar-refractivity contribution in [1.82, 2.24) is 4.98 Å². The first-order chi connectivity index (χ1) is 5.52. The Hall–Kier alpha value is -1.85. The fourth-order valence-electron chi connectivity index (χ4n) is 0.790. The van der Waals surface area contributed by atoms with Gasteiger partial charge in [-0.2, -0.15) is 0 Å². The van der Waals surface area contributed by atoms with Gasteiger partial charge in [-0.3, -0.25) is 19.9 Å². The molecule has 2 N–H and O–H groups in total. The number of aromatic amines is 1. The number of pyridine rings is 1. The number of hydrogen-bond acceptors (Lipinski definition) is 4. The minimum Gasteiger partial charge on any atom is -0.494 e. The summed E-state index contributed by atoms with van der Waals surface area (Å²) in [6.45, 7) is 1.35. The molecule has 0 aliphatic heterocycles. The normalized spacial score (nSPS) is 9.75. The van der Waals surface area contributed by atoms with Gasteiger partial charge in [0.25, 0.3) is 11.2 Å². The Morgan fingerprint density at radius 2 is 2.25 bits per heavy atom. The molecule has 1 aromatic heterocycles. The number of aromatic hydroxyl groups is 1. The molecule has 12 heavy (non-hydrogen) atoms. The number of aromatic nitrogens is 1. The van der Waals surface area contributed by atoms with Crippen LogP contribution >= 0.6 is 0 Å². The Morgan fingerprint density at radius 3 is 2.75 bits per heavy atom. The zero-order valence-corrected chi connectivity index (χ0v) is 6.20. The highest BCUT2D eigenvalue weighted by atomic mass is 16.6. The van der Waals surface area contributed by atoms with Crippen LogP contribution in [0, 0.1) is 17.0 Å². The van der Waals surface area contributed by atoms with Crippen LogP contribution in [0.2, 0.25) is 0 Å². The van der Waals surface area contributed by atoms with Gasteiger partial charge in [-0.05, 0) is 6.92 Å². The van der Waals surface area contributed by atoms with Gasteiger partial charge in [-0.1, -0.05) is 0 Å². The number of hydrogen-bond donors (Lipinski definition) is 2. The fourth-order valence-corrected chi connectivity index (χ4v) is 0.790. The van der Waals surface area contributed by atoms with E-state index in [0.29, 0.717) is 0 Å². The van der Waals surface area contributed by atoms with Crippen molar-refractivity contribution < 1.29 is 10.0 Å². The predicted octanol–water partition coefficient (Wildman–Crippen LogP) is 0.297. The van der Waals surface area contributed by atoms with Gasteiger partial charge in [-0.15, -0.1) is 0 Å². The molecule has 0 fully saturated rings. The highest BCUT2D eigenvalue weighted by molar-refractivity contribution is 5.43. The van der Waals surface area contributed by atoms with E-state index in [4.69, 9.17) is 5.11 Å². The SMILES string of the molecule is Cc1c([N+](=O)[O-])cc(=O)[nH]c1O. The van der Waals surface area contributed by atoms with Crippen molar-refractivity contribution in [3.8, 4) is 5.88 Å². The highest BCUT2D eigenvalue weighted by Gasteiger charge is 2.14. The molecule has 0 saturated carbocycles. The molecule has 1 heterocycles. The summed E-state index contributed by atoms with van der Waals surface area (Å²) in [5.41, 5.74) is -1.01. The van der Waals surface area contributed by atoms with Crippen LogP contribution < -0.4 is 5.56 Å². The van der Waals surface area contributed by atoms with Gasteiger partial charge >= 0.3 is 0 Å². The molecule has 6 nitrogen and oxygen atoms in total. The Morgan fingerprint density at radius 1 is 1.67 bits per heavy atom. The molecular weight excluding hydrogens is 164 g/mol. The molecule has 1 rings (SSSR count). The number of H-pyrrole nitrogens is 1. The van der Waals surface area contributed by atoms with Gasteiger partial charge in [0, 0.05) is 0 Å². The molecule has 0 radical (unpaired) electrons. The number of nitrogens with one attached hydrogen (secondary N) is 1. The number of nitro groups is 1. The third kappa shape index (κ3) is 1.26. The molecule has 0 aromatic carbocycles. The standard InChI is InChI=1S/C6H6N2O4/c1-3-4(8(11)12)2-5(9)7-6(3)10/h2H,1H3,(H2,7,9,10). The molecule has 0 spiro atoms. The van der Waals surface area contributed by atoms with Gasteiger partial charge < -0.3 is 5.11 Å². The largest absolute Gasteiger partial charge is 0.494 e. The first-order valence-electron chi connectivity index (χ1n) is 3.09. The van der Waals surface area contributed by atoms with Crippen molar-refractivity contribution in [2.45, 2.75) is 6.92 Å².